The van der Waals surface area contributed by atoms with Crippen molar-refractivity contribution < 1.29 is 9.59 Å². The molecule has 0 radical (unpaired) electrons. The molecule has 1 aliphatic heterocycles. The van der Waals surface area contributed by atoms with E-state index in [1.807, 2.05) is 22.4 Å². The number of aromatic nitrogens is 2. The van der Waals surface area contributed by atoms with Crippen molar-refractivity contribution >= 4 is 46.1 Å². The van der Waals surface area contributed by atoms with Crippen LogP contribution >= 0.6 is 22.9 Å². The molecule has 3 aromatic rings. The number of hydrogen-bond donors (Lipinski definition) is 3. The first-order valence-electron chi connectivity index (χ1n) is 8.32. The highest BCUT2D eigenvalue weighted by Crippen LogP contribution is 2.29. The Hall–Kier alpha value is -2.84. The van der Waals surface area contributed by atoms with E-state index in [9.17, 15) is 9.59 Å². The number of piperazine rings is 1. The first-order chi connectivity index (χ1) is 13.1. The van der Waals surface area contributed by atoms with Gasteiger partial charge in [0.05, 0.1) is 27.8 Å². The fourth-order valence-corrected chi connectivity index (χ4v) is 3.87. The van der Waals surface area contributed by atoms with Crippen LogP contribution < -0.4 is 15.5 Å². The molecule has 2 aromatic heterocycles. The molecule has 2 amide bonds. The maximum absolute atomic E-state index is 12.4. The number of carbonyl (C=O) groups is 2. The summed E-state index contributed by atoms with van der Waals surface area (Å²) in [6.07, 6.45) is 0. The van der Waals surface area contributed by atoms with E-state index in [0.29, 0.717) is 29.5 Å². The number of rotatable bonds is 4. The van der Waals surface area contributed by atoms with Gasteiger partial charge in [-0.25, -0.2) is 0 Å². The summed E-state index contributed by atoms with van der Waals surface area (Å²) in [4.78, 5) is 26.9. The van der Waals surface area contributed by atoms with Crippen LogP contribution in [0.25, 0.3) is 10.6 Å². The van der Waals surface area contributed by atoms with Crippen LogP contribution in [-0.4, -0.2) is 41.6 Å². The van der Waals surface area contributed by atoms with Gasteiger partial charge in [-0.15, -0.1) is 11.3 Å². The molecule has 4 rings (SSSR count). The smallest absolute Gasteiger partial charge is 0.276 e. The highest BCUT2D eigenvalue weighted by Gasteiger charge is 2.19. The molecule has 0 bridgehead atoms. The molecule has 0 unspecified atom stereocenters. The Bertz CT molecular complexity index is 986. The van der Waals surface area contributed by atoms with E-state index in [4.69, 9.17) is 11.6 Å². The van der Waals surface area contributed by atoms with E-state index in [2.05, 4.69) is 20.8 Å². The lowest BCUT2D eigenvalue weighted by Crippen LogP contribution is -2.47. The minimum absolute atomic E-state index is 0.0326. The van der Waals surface area contributed by atoms with Crippen LogP contribution in [0.1, 0.15) is 10.5 Å². The first kappa shape index (κ1) is 17.6. The van der Waals surface area contributed by atoms with Crippen molar-refractivity contribution in [1.29, 1.82) is 0 Å². The monoisotopic (exact) mass is 401 g/mol. The van der Waals surface area contributed by atoms with Crippen molar-refractivity contribution in [2.45, 2.75) is 0 Å². The van der Waals surface area contributed by atoms with E-state index in [1.165, 1.54) is 0 Å². The van der Waals surface area contributed by atoms with Crippen LogP contribution in [0.3, 0.4) is 0 Å². The Labute approximate surface area is 164 Å². The van der Waals surface area contributed by atoms with Crippen molar-refractivity contribution in [2.24, 2.45) is 0 Å². The minimum Gasteiger partial charge on any atom is -0.359 e. The van der Waals surface area contributed by atoms with Crippen LogP contribution in [0.2, 0.25) is 5.02 Å². The number of nitrogens with one attached hydrogen (secondary N) is 3. The van der Waals surface area contributed by atoms with Crippen molar-refractivity contribution in [3.8, 4) is 10.6 Å². The third-order valence-electron chi connectivity index (χ3n) is 4.18. The van der Waals surface area contributed by atoms with E-state index in [-0.39, 0.29) is 18.4 Å². The summed E-state index contributed by atoms with van der Waals surface area (Å²) in [6.45, 7) is 1.54. The molecular formula is C18H16ClN5O2S. The Morgan fingerprint density at radius 1 is 1.30 bits per heavy atom. The van der Waals surface area contributed by atoms with Gasteiger partial charge in [0.1, 0.15) is 0 Å². The third-order valence-corrected chi connectivity index (χ3v) is 5.39. The molecule has 1 fully saturated rings. The van der Waals surface area contributed by atoms with Crippen molar-refractivity contribution in [3.63, 3.8) is 0 Å². The normalized spacial score (nSPS) is 14.1. The van der Waals surface area contributed by atoms with E-state index < -0.39 is 0 Å². The number of anilines is 2. The van der Waals surface area contributed by atoms with Crippen LogP contribution in [0.5, 0.6) is 0 Å². The highest BCUT2D eigenvalue weighted by atomic mass is 35.5. The quantitative estimate of drug-likeness (QED) is 0.627. The van der Waals surface area contributed by atoms with Gasteiger partial charge >= 0.3 is 0 Å². The Morgan fingerprint density at radius 3 is 2.93 bits per heavy atom. The summed E-state index contributed by atoms with van der Waals surface area (Å²) in [6, 6.07) is 10.9. The Balaban J connectivity index is 1.47. The third kappa shape index (κ3) is 3.81. The maximum Gasteiger partial charge on any atom is 0.276 e. The summed E-state index contributed by atoms with van der Waals surface area (Å²) in [5.41, 5.74) is 2.43. The molecule has 138 valence electrons. The second-order valence-electron chi connectivity index (χ2n) is 6.04. The molecule has 0 saturated carbocycles. The number of halogens is 1. The molecule has 0 spiro atoms. The summed E-state index contributed by atoms with van der Waals surface area (Å²) >= 11 is 7.94. The molecule has 0 atom stereocenters. The fourth-order valence-electron chi connectivity index (χ4n) is 2.88. The molecular weight excluding hydrogens is 386 g/mol. The second kappa shape index (κ2) is 7.42. The van der Waals surface area contributed by atoms with Gasteiger partial charge in [0.2, 0.25) is 5.91 Å². The van der Waals surface area contributed by atoms with Crippen LogP contribution in [0.4, 0.5) is 11.4 Å². The summed E-state index contributed by atoms with van der Waals surface area (Å²) in [5.74, 6) is -0.356. The van der Waals surface area contributed by atoms with Gasteiger partial charge in [-0.05, 0) is 35.7 Å². The zero-order valence-electron chi connectivity index (χ0n) is 14.2. The van der Waals surface area contributed by atoms with Gasteiger partial charge in [0.25, 0.3) is 5.91 Å². The van der Waals surface area contributed by atoms with Crippen LogP contribution in [-0.2, 0) is 4.79 Å². The minimum atomic E-state index is -0.324. The van der Waals surface area contributed by atoms with Gasteiger partial charge in [0, 0.05) is 18.8 Å². The molecule has 0 aliphatic carbocycles. The van der Waals surface area contributed by atoms with Crippen LogP contribution in [0.15, 0.2) is 41.8 Å². The van der Waals surface area contributed by atoms with Gasteiger partial charge in [-0.3, -0.25) is 14.7 Å². The zero-order valence-corrected chi connectivity index (χ0v) is 15.7. The topological polar surface area (TPSA) is 90.1 Å². The van der Waals surface area contributed by atoms with E-state index in [0.717, 1.165) is 16.3 Å². The number of hydrogen-bond acceptors (Lipinski definition) is 5. The summed E-state index contributed by atoms with van der Waals surface area (Å²) < 4.78 is 0. The number of amides is 2. The van der Waals surface area contributed by atoms with Crippen molar-refractivity contribution in [3.05, 3.63) is 52.5 Å². The first-order valence-corrected chi connectivity index (χ1v) is 9.58. The van der Waals surface area contributed by atoms with Gasteiger partial charge in [-0.2, -0.15) is 5.10 Å². The number of carbonyl (C=O) groups excluding carboxylic acids is 2. The van der Waals surface area contributed by atoms with Gasteiger partial charge < -0.3 is 15.5 Å². The standard InChI is InChI=1S/C18H16ClN5O2S/c19-12-8-11(3-4-15(12)24-6-5-20-17(25)10-24)21-18(26)14-9-13(22-23-14)16-2-1-7-27-16/h1-4,7-9H,5-6,10H2,(H,20,25)(H,21,26)(H,22,23). The van der Waals surface area contributed by atoms with Crippen molar-refractivity contribution in [2.75, 3.05) is 29.9 Å². The number of nitrogens with zero attached hydrogens (tertiary/aromatic N) is 2. The number of aromatic amines is 1. The largest absolute Gasteiger partial charge is 0.359 e. The zero-order chi connectivity index (χ0) is 18.8. The molecule has 7 nitrogen and oxygen atoms in total. The molecule has 1 aliphatic rings. The lowest BCUT2D eigenvalue weighted by molar-refractivity contribution is -0.120. The number of H-pyrrole nitrogens is 1. The van der Waals surface area contributed by atoms with Crippen molar-refractivity contribution in [1.82, 2.24) is 15.5 Å². The average Bonchev–Trinajstić information content (AvgIpc) is 3.33. The Morgan fingerprint density at radius 2 is 2.19 bits per heavy atom. The maximum atomic E-state index is 12.4. The molecule has 3 N–H and O–H groups in total. The molecule has 9 heteroatoms. The molecule has 3 heterocycles. The molecule has 27 heavy (non-hydrogen) atoms. The summed E-state index contributed by atoms with van der Waals surface area (Å²) in [7, 11) is 0. The second-order valence-corrected chi connectivity index (χ2v) is 7.39. The fraction of sp³-hybridized carbons (Fsp3) is 0.167. The Kier molecular flexibility index (Phi) is 4.83. The van der Waals surface area contributed by atoms with Gasteiger partial charge in [0.15, 0.2) is 5.69 Å². The number of benzene rings is 1. The lowest BCUT2D eigenvalue weighted by atomic mass is 10.2. The van der Waals surface area contributed by atoms with Gasteiger partial charge in [-0.1, -0.05) is 17.7 Å². The summed E-state index contributed by atoms with van der Waals surface area (Å²) in [5, 5.41) is 15.0. The predicted molar refractivity (Wildman–Crippen MR) is 107 cm³/mol. The highest BCUT2D eigenvalue weighted by molar-refractivity contribution is 7.13. The van der Waals surface area contributed by atoms with E-state index in [1.54, 1.807) is 35.6 Å². The van der Waals surface area contributed by atoms with E-state index >= 15 is 0 Å². The predicted octanol–water partition coefficient (Wildman–Crippen LogP) is 2.98. The van der Waals surface area contributed by atoms with Crippen LogP contribution in [0, 0.1) is 0 Å². The molecule has 1 saturated heterocycles. The number of thiophene rings is 1. The average molecular weight is 402 g/mol. The molecule has 1 aromatic carbocycles. The lowest BCUT2D eigenvalue weighted by Gasteiger charge is -2.29. The SMILES string of the molecule is O=C1CN(c2ccc(NC(=O)c3cc(-c4cccs4)[nH]n3)cc2Cl)CCN1.